The zero-order valence-electron chi connectivity index (χ0n) is 5.96. The highest BCUT2D eigenvalue weighted by molar-refractivity contribution is 7.85. The van der Waals surface area contributed by atoms with Crippen LogP contribution in [0.5, 0.6) is 5.75 Å². The molecular weight excluding hydrogens is 218 g/mol. The summed E-state index contributed by atoms with van der Waals surface area (Å²) in [6.45, 7) is -2.93. The van der Waals surface area contributed by atoms with Gasteiger partial charge in [-0.05, 0) is 29.4 Å². The van der Waals surface area contributed by atoms with Gasteiger partial charge in [0.25, 0.3) is 0 Å². The molecule has 5 heteroatoms. The standard InChI is InChI=1S/C7H5Cl2O2P/c8-6-1-2-7-5(3-6)4-12(9,10)11-7/h1-3H,4H2. The van der Waals surface area contributed by atoms with Crippen molar-refractivity contribution in [2.45, 2.75) is 6.16 Å². The Morgan fingerprint density at radius 2 is 2.25 bits per heavy atom. The largest absolute Gasteiger partial charge is 0.432 e. The van der Waals surface area contributed by atoms with Gasteiger partial charge < -0.3 is 4.52 Å². The highest BCUT2D eigenvalue weighted by Gasteiger charge is 2.31. The Kier molecular flexibility index (Phi) is 1.87. The third-order valence-electron chi connectivity index (χ3n) is 1.62. The number of hydrogen-bond donors (Lipinski definition) is 0. The van der Waals surface area contributed by atoms with Gasteiger partial charge in [0, 0.05) is 10.6 Å². The fourth-order valence-electron chi connectivity index (χ4n) is 1.14. The van der Waals surface area contributed by atoms with E-state index in [0.29, 0.717) is 10.8 Å². The van der Waals surface area contributed by atoms with Crippen molar-refractivity contribution >= 4 is 29.6 Å². The molecule has 0 radical (unpaired) electrons. The molecule has 0 spiro atoms. The van der Waals surface area contributed by atoms with Crippen LogP contribution in [-0.4, -0.2) is 0 Å². The van der Waals surface area contributed by atoms with Crippen LogP contribution in [0.3, 0.4) is 0 Å². The summed E-state index contributed by atoms with van der Waals surface area (Å²) >= 11 is 11.3. The predicted octanol–water partition coefficient (Wildman–Crippen LogP) is 3.66. The van der Waals surface area contributed by atoms with E-state index in [1.54, 1.807) is 18.2 Å². The molecule has 1 aromatic carbocycles. The molecule has 1 aliphatic heterocycles. The highest BCUT2D eigenvalue weighted by atomic mass is 35.7. The molecule has 0 aliphatic carbocycles. The molecule has 12 heavy (non-hydrogen) atoms. The van der Waals surface area contributed by atoms with Gasteiger partial charge in [-0.1, -0.05) is 11.6 Å². The van der Waals surface area contributed by atoms with Crippen LogP contribution in [0.1, 0.15) is 5.56 Å². The van der Waals surface area contributed by atoms with Crippen molar-refractivity contribution < 1.29 is 9.09 Å². The molecule has 1 aliphatic rings. The summed E-state index contributed by atoms with van der Waals surface area (Å²) in [6, 6.07) is 5.08. The summed E-state index contributed by atoms with van der Waals surface area (Å²) in [7, 11) is 0. The second-order valence-corrected chi connectivity index (χ2v) is 6.25. The monoisotopic (exact) mass is 222 g/mol. The van der Waals surface area contributed by atoms with E-state index < -0.39 is 6.72 Å². The Morgan fingerprint density at radius 3 is 3.00 bits per heavy atom. The van der Waals surface area contributed by atoms with Gasteiger partial charge in [0.15, 0.2) is 0 Å². The first-order valence-corrected chi connectivity index (χ1v) is 6.43. The van der Waals surface area contributed by atoms with Crippen molar-refractivity contribution in [3.8, 4) is 5.75 Å². The first kappa shape index (κ1) is 8.43. The summed E-state index contributed by atoms with van der Waals surface area (Å²) in [5.41, 5.74) is 0.820. The third-order valence-corrected chi connectivity index (χ3v) is 3.60. The van der Waals surface area contributed by atoms with Crippen LogP contribution in [0.25, 0.3) is 0 Å². The fourth-order valence-corrected chi connectivity index (χ4v) is 3.14. The summed E-state index contributed by atoms with van der Waals surface area (Å²) in [6.07, 6.45) is 0.268. The SMILES string of the molecule is O=P1(Cl)Cc2cc(Cl)ccc2O1. The number of fused-ring (bicyclic) bond motifs is 1. The molecule has 1 aromatic rings. The zero-order valence-corrected chi connectivity index (χ0v) is 8.37. The Morgan fingerprint density at radius 1 is 1.50 bits per heavy atom. The first-order chi connectivity index (χ1) is 5.57. The molecule has 0 amide bonds. The fraction of sp³-hybridized carbons (Fsp3) is 0.143. The summed E-state index contributed by atoms with van der Waals surface area (Å²) in [4.78, 5) is 0. The lowest BCUT2D eigenvalue weighted by Crippen LogP contribution is -1.75. The minimum absolute atomic E-state index is 0.268. The second-order valence-electron chi connectivity index (χ2n) is 2.59. The molecule has 1 heterocycles. The second kappa shape index (κ2) is 2.66. The lowest BCUT2D eigenvalue weighted by Gasteiger charge is -1.99. The number of hydrogen-bond acceptors (Lipinski definition) is 2. The molecule has 2 nitrogen and oxygen atoms in total. The van der Waals surface area contributed by atoms with Crippen LogP contribution >= 0.6 is 29.6 Å². The van der Waals surface area contributed by atoms with Gasteiger partial charge in [0.2, 0.25) is 0 Å². The van der Waals surface area contributed by atoms with Crippen LogP contribution in [0.2, 0.25) is 5.02 Å². The maximum absolute atomic E-state index is 11.3. The van der Waals surface area contributed by atoms with Crippen molar-refractivity contribution in [3.05, 3.63) is 28.8 Å². The van der Waals surface area contributed by atoms with E-state index in [2.05, 4.69) is 0 Å². The molecule has 0 fully saturated rings. The minimum atomic E-state index is -2.93. The molecular formula is C7H5Cl2O2P. The summed E-state index contributed by atoms with van der Waals surface area (Å²) < 4.78 is 16.3. The van der Waals surface area contributed by atoms with Gasteiger partial charge in [-0.3, -0.25) is 4.57 Å². The van der Waals surface area contributed by atoms with Gasteiger partial charge in [0.05, 0.1) is 6.16 Å². The van der Waals surface area contributed by atoms with E-state index in [0.717, 1.165) is 5.56 Å². The molecule has 1 unspecified atom stereocenters. The van der Waals surface area contributed by atoms with Gasteiger partial charge in [-0.2, -0.15) is 0 Å². The van der Waals surface area contributed by atoms with Crippen LogP contribution in [0, 0.1) is 0 Å². The van der Waals surface area contributed by atoms with Crippen LogP contribution < -0.4 is 4.52 Å². The van der Waals surface area contributed by atoms with Crippen LogP contribution in [0.15, 0.2) is 18.2 Å². The minimum Gasteiger partial charge on any atom is -0.432 e. The van der Waals surface area contributed by atoms with Crippen LogP contribution in [-0.2, 0) is 10.7 Å². The molecule has 0 saturated carbocycles. The average molecular weight is 223 g/mol. The topological polar surface area (TPSA) is 26.3 Å². The Hall–Kier alpha value is -0.170. The first-order valence-electron chi connectivity index (χ1n) is 3.34. The molecule has 2 rings (SSSR count). The van der Waals surface area contributed by atoms with Gasteiger partial charge in [0.1, 0.15) is 5.75 Å². The van der Waals surface area contributed by atoms with Gasteiger partial charge >= 0.3 is 6.72 Å². The number of rotatable bonds is 0. The van der Waals surface area contributed by atoms with Crippen LogP contribution in [0.4, 0.5) is 0 Å². The third kappa shape index (κ3) is 1.47. The van der Waals surface area contributed by atoms with Gasteiger partial charge in [-0.25, -0.2) is 0 Å². The molecule has 64 valence electrons. The highest BCUT2D eigenvalue weighted by Crippen LogP contribution is 2.61. The molecule has 0 bridgehead atoms. The number of benzene rings is 1. The summed E-state index contributed by atoms with van der Waals surface area (Å²) in [5.74, 6) is 0.581. The Labute approximate surface area is 79.7 Å². The van der Waals surface area contributed by atoms with Crippen molar-refractivity contribution in [2.75, 3.05) is 0 Å². The molecule has 0 saturated heterocycles. The van der Waals surface area contributed by atoms with Crippen molar-refractivity contribution in [1.29, 1.82) is 0 Å². The van der Waals surface area contributed by atoms with E-state index in [1.807, 2.05) is 0 Å². The average Bonchev–Trinajstić information content (AvgIpc) is 2.21. The zero-order chi connectivity index (χ0) is 8.77. The lowest BCUT2D eigenvalue weighted by molar-refractivity contribution is 0.510. The predicted molar refractivity (Wildman–Crippen MR) is 49.2 cm³/mol. The molecule has 0 aromatic heterocycles. The van der Waals surface area contributed by atoms with Crippen molar-refractivity contribution in [3.63, 3.8) is 0 Å². The maximum Gasteiger partial charge on any atom is 0.340 e. The van der Waals surface area contributed by atoms with E-state index in [4.69, 9.17) is 27.4 Å². The lowest BCUT2D eigenvalue weighted by atomic mass is 10.2. The smallest absolute Gasteiger partial charge is 0.340 e. The van der Waals surface area contributed by atoms with Crippen molar-refractivity contribution in [2.24, 2.45) is 0 Å². The van der Waals surface area contributed by atoms with E-state index in [-0.39, 0.29) is 6.16 Å². The molecule has 1 atom stereocenters. The Balaban J connectivity index is 2.49. The molecule has 0 N–H and O–H groups in total. The maximum atomic E-state index is 11.3. The summed E-state index contributed by atoms with van der Waals surface area (Å²) in [5, 5.41) is 0.607. The quantitative estimate of drug-likeness (QED) is 0.627. The Bertz CT molecular complexity index is 378. The number of halogens is 2. The van der Waals surface area contributed by atoms with E-state index >= 15 is 0 Å². The van der Waals surface area contributed by atoms with E-state index in [9.17, 15) is 4.57 Å². The van der Waals surface area contributed by atoms with Crippen molar-refractivity contribution in [1.82, 2.24) is 0 Å². The van der Waals surface area contributed by atoms with E-state index in [1.165, 1.54) is 0 Å². The normalized spacial score (nSPS) is 26.5. The van der Waals surface area contributed by atoms with Gasteiger partial charge in [-0.15, -0.1) is 0 Å².